The van der Waals surface area contributed by atoms with Crippen molar-refractivity contribution in [3.8, 4) is 5.75 Å². The second-order valence-corrected chi connectivity index (χ2v) is 6.88. The SMILES string of the molecule is COc1ccc(C2N=C(Nc3cccc(C(F)(F)F)c3)Nc3nc(C)cc(=O)n32)cc1. The first-order valence-corrected chi connectivity index (χ1v) is 9.28. The molecule has 0 saturated carbocycles. The third-order valence-electron chi connectivity index (χ3n) is 4.67. The number of nitrogens with zero attached hydrogens (tertiary/aromatic N) is 3. The summed E-state index contributed by atoms with van der Waals surface area (Å²) in [5.74, 6) is 1.03. The molecule has 0 spiro atoms. The van der Waals surface area contributed by atoms with Crippen molar-refractivity contribution in [1.29, 1.82) is 0 Å². The van der Waals surface area contributed by atoms with Crippen LogP contribution in [0.4, 0.5) is 24.8 Å². The zero-order valence-corrected chi connectivity index (χ0v) is 16.6. The molecule has 1 aromatic heterocycles. The Bertz CT molecular complexity index is 1200. The first-order chi connectivity index (χ1) is 14.7. The number of benzene rings is 2. The Morgan fingerprint density at radius 3 is 2.55 bits per heavy atom. The topological polar surface area (TPSA) is 80.5 Å². The first kappa shape index (κ1) is 20.5. The van der Waals surface area contributed by atoms with Crippen LogP contribution in [-0.2, 0) is 6.18 Å². The van der Waals surface area contributed by atoms with Gasteiger partial charge >= 0.3 is 6.18 Å². The van der Waals surface area contributed by atoms with Crippen LogP contribution in [-0.4, -0.2) is 22.6 Å². The summed E-state index contributed by atoms with van der Waals surface area (Å²) in [4.78, 5) is 21.5. The molecule has 3 aromatic rings. The fraction of sp³-hybridized carbons (Fsp3) is 0.190. The molecular formula is C21H18F3N5O2. The minimum Gasteiger partial charge on any atom is -0.497 e. The van der Waals surface area contributed by atoms with E-state index in [0.717, 1.165) is 12.1 Å². The van der Waals surface area contributed by atoms with Crippen molar-refractivity contribution in [3.63, 3.8) is 0 Å². The fourth-order valence-electron chi connectivity index (χ4n) is 3.22. The highest BCUT2D eigenvalue weighted by Crippen LogP contribution is 2.31. The van der Waals surface area contributed by atoms with Crippen molar-refractivity contribution >= 4 is 17.6 Å². The van der Waals surface area contributed by atoms with Crippen LogP contribution in [0.5, 0.6) is 5.75 Å². The highest BCUT2D eigenvalue weighted by atomic mass is 19.4. The number of anilines is 2. The first-order valence-electron chi connectivity index (χ1n) is 9.28. The van der Waals surface area contributed by atoms with Crippen molar-refractivity contribution in [3.05, 3.63) is 81.8 Å². The minimum absolute atomic E-state index is 0.164. The van der Waals surface area contributed by atoms with Crippen LogP contribution in [0.25, 0.3) is 0 Å². The summed E-state index contributed by atoms with van der Waals surface area (Å²) in [6.07, 6.45) is -5.24. The van der Waals surface area contributed by atoms with Crippen LogP contribution in [0, 0.1) is 6.92 Å². The number of hydrogen-bond donors (Lipinski definition) is 2. The zero-order chi connectivity index (χ0) is 22.2. The number of alkyl halides is 3. The molecule has 0 amide bonds. The summed E-state index contributed by atoms with van der Waals surface area (Å²) in [5, 5.41) is 5.75. The van der Waals surface area contributed by atoms with E-state index in [0.29, 0.717) is 17.0 Å². The molecule has 4 rings (SSSR count). The molecule has 0 saturated heterocycles. The lowest BCUT2D eigenvalue weighted by Crippen LogP contribution is -2.37. The van der Waals surface area contributed by atoms with Gasteiger partial charge in [0.1, 0.15) is 5.75 Å². The van der Waals surface area contributed by atoms with E-state index in [4.69, 9.17) is 4.74 Å². The van der Waals surface area contributed by atoms with Gasteiger partial charge in [-0.15, -0.1) is 0 Å². The average Bonchev–Trinajstić information content (AvgIpc) is 2.72. The number of guanidine groups is 1. The Morgan fingerprint density at radius 2 is 1.87 bits per heavy atom. The van der Waals surface area contributed by atoms with Gasteiger partial charge in [-0.05, 0) is 42.8 Å². The maximum atomic E-state index is 13.0. The lowest BCUT2D eigenvalue weighted by Gasteiger charge is -2.27. The van der Waals surface area contributed by atoms with Crippen molar-refractivity contribution < 1.29 is 17.9 Å². The van der Waals surface area contributed by atoms with Crippen molar-refractivity contribution in [2.24, 2.45) is 4.99 Å². The molecule has 7 nitrogen and oxygen atoms in total. The molecular weight excluding hydrogens is 411 g/mol. The van der Waals surface area contributed by atoms with Gasteiger partial charge in [-0.25, -0.2) is 9.98 Å². The van der Waals surface area contributed by atoms with Gasteiger partial charge in [-0.3, -0.25) is 14.7 Å². The van der Waals surface area contributed by atoms with Gasteiger partial charge in [-0.1, -0.05) is 18.2 Å². The summed E-state index contributed by atoms with van der Waals surface area (Å²) < 4.78 is 45.7. The average molecular weight is 429 g/mol. The zero-order valence-electron chi connectivity index (χ0n) is 16.6. The predicted octanol–water partition coefficient (Wildman–Crippen LogP) is 4.02. The quantitative estimate of drug-likeness (QED) is 0.658. The number of nitrogens with one attached hydrogen (secondary N) is 2. The van der Waals surface area contributed by atoms with E-state index in [1.54, 1.807) is 38.3 Å². The van der Waals surface area contributed by atoms with Crippen LogP contribution < -0.4 is 20.9 Å². The Hall–Kier alpha value is -3.82. The largest absolute Gasteiger partial charge is 0.497 e. The van der Waals surface area contributed by atoms with Crippen LogP contribution in [0.15, 0.2) is 64.4 Å². The van der Waals surface area contributed by atoms with Gasteiger partial charge in [-0.2, -0.15) is 13.2 Å². The lowest BCUT2D eigenvalue weighted by atomic mass is 10.1. The van der Waals surface area contributed by atoms with Gasteiger partial charge in [0.15, 0.2) is 6.17 Å². The maximum absolute atomic E-state index is 13.0. The van der Waals surface area contributed by atoms with Crippen LogP contribution in [0.1, 0.15) is 23.0 Å². The molecule has 0 radical (unpaired) electrons. The van der Waals surface area contributed by atoms with Crippen molar-refractivity contribution in [2.45, 2.75) is 19.3 Å². The highest BCUT2D eigenvalue weighted by Gasteiger charge is 2.31. The van der Waals surface area contributed by atoms with E-state index in [-0.39, 0.29) is 23.2 Å². The minimum atomic E-state index is -4.47. The molecule has 31 heavy (non-hydrogen) atoms. The van der Waals surface area contributed by atoms with Crippen molar-refractivity contribution in [2.75, 3.05) is 17.7 Å². The van der Waals surface area contributed by atoms with Crippen LogP contribution in [0.2, 0.25) is 0 Å². The predicted molar refractivity (Wildman–Crippen MR) is 110 cm³/mol. The molecule has 1 aliphatic rings. The van der Waals surface area contributed by atoms with Crippen LogP contribution >= 0.6 is 0 Å². The Morgan fingerprint density at radius 1 is 1.13 bits per heavy atom. The third-order valence-corrected chi connectivity index (χ3v) is 4.67. The number of aliphatic imine (C=N–C) groups is 1. The summed E-state index contributed by atoms with van der Waals surface area (Å²) in [5.41, 5.74) is 0.277. The summed E-state index contributed by atoms with van der Waals surface area (Å²) in [6.45, 7) is 1.68. The maximum Gasteiger partial charge on any atom is 0.416 e. The number of aromatic nitrogens is 2. The van der Waals surface area contributed by atoms with E-state index in [2.05, 4.69) is 20.6 Å². The molecule has 0 fully saturated rings. The molecule has 2 heterocycles. The molecule has 160 valence electrons. The Kier molecular flexibility index (Phi) is 5.14. The van der Waals surface area contributed by atoms with Gasteiger partial charge < -0.3 is 10.1 Å². The van der Waals surface area contributed by atoms with E-state index < -0.39 is 17.9 Å². The van der Waals surface area contributed by atoms with E-state index in [1.807, 2.05) is 0 Å². The highest BCUT2D eigenvalue weighted by molar-refractivity contribution is 6.03. The van der Waals surface area contributed by atoms with Crippen LogP contribution in [0.3, 0.4) is 0 Å². The molecule has 10 heteroatoms. The summed E-state index contributed by atoms with van der Waals surface area (Å²) in [6, 6.07) is 13.1. The number of halogens is 3. The fourth-order valence-corrected chi connectivity index (χ4v) is 3.22. The number of methoxy groups -OCH3 is 1. The monoisotopic (exact) mass is 429 g/mol. The van der Waals surface area contributed by atoms with Gasteiger partial charge in [0, 0.05) is 17.4 Å². The normalized spacial score (nSPS) is 15.5. The second-order valence-electron chi connectivity index (χ2n) is 6.88. The van der Waals surface area contributed by atoms with E-state index >= 15 is 0 Å². The Balaban J connectivity index is 1.75. The molecule has 1 unspecified atom stereocenters. The number of aryl methyl sites for hydroxylation is 1. The number of ether oxygens (including phenoxy) is 1. The lowest BCUT2D eigenvalue weighted by molar-refractivity contribution is -0.137. The van der Waals surface area contributed by atoms with Gasteiger partial charge in [0.2, 0.25) is 11.9 Å². The molecule has 0 bridgehead atoms. The molecule has 0 aliphatic carbocycles. The van der Waals surface area contributed by atoms with Crippen molar-refractivity contribution in [1.82, 2.24) is 9.55 Å². The second kappa shape index (κ2) is 7.78. The number of fused-ring (bicyclic) bond motifs is 1. The number of rotatable bonds is 3. The summed E-state index contributed by atoms with van der Waals surface area (Å²) >= 11 is 0. The third kappa shape index (κ3) is 4.23. The van der Waals surface area contributed by atoms with E-state index in [9.17, 15) is 18.0 Å². The molecule has 1 atom stereocenters. The van der Waals surface area contributed by atoms with E-state index in [1.165, 1.54) is 22.8 Å². The van der Waals surface area contributed by atoms with Gasteiger partial charge in [0.25, 0.3) is 5.56 Å². The molecule has 2 N–H and O–H groups in total. The molecule has 1 aliphatic heterocycles. The molecule has 2 aromatic carbocycles. The standard InChI is InChI=1S/C21H18F3N5O2/c1-12-10-17(30)29-18(13-6-8-16(31-2)9-7-13)27-19(28-20(29)25-12)26-15-5-3-4-14(11-15)21(22,23)24/h3-11,18H,1-2H3,(H2,25,26,27,28). The smallest absolute Gasteiger partial charge is 0.416 e. The van der Waals surface area contributed by atoms with Gasteiger partial charge in [0.05, 0.1) is 12.7 Å². The summed E-state index contributed by atoms with van der Waals surface area (Å²) in [7, 11) is 1.54. The Labute approximate surface area is 175 Å². The number of hydrogen-bond acceptors (Lipinski definition) is 6.